The van der Waals surface area contributed by atoms with Crippen LogP contribution in [0, 0.1) is 11.8 Å². The van der Waals surface area contributed by atoms with E-state index in [1.165, 1.54) is 29.1 Å². The number of amides is 2. The highest BCUT2D eigenvalue weighted by atomic mass is 32.1. The summed E-state index contributed by atoms with van der Waals surface area (Å²) < 4.78 is 0. The van der Waals surface area contributed by atoms with Gasteiger partial charge in [0.2, 0.25) is 5.91 Å². The fourth-order valence-corrected chi connectivity index (χ4v) is 5.49. The first-order valence-electron chi connectivity index (χ1n) is 9.45. The number of carbonyl (C=O) groups is 2. The van der Waals surface area contributed by atoms with Gasteiger partial charge in [0.25, 0.3) is 5.91 Å². The lowest BCUT2D eigenvalue weighted by molar-refractivity contribution is -0.115. The van der Waals surface area contributed by atoms with Gasteiger partial charge in [0.15, 0.2) is 0 Å². The Hall–Kier alpha value is -1.40. The van der Waals surface area contributed by atoms with Crippen LogP contribution in [0.15, 0.2) is 0 Å². The van der Waals surface area contributed by atoms with Crippen molar-refractivity contribution in [1.82, 2.24) is 5.32 Å². The number of primary amides is 1. The number of fused-ring (bicyclic) bond motifs is 1. The summed E-state index contributed by atoms with van der Waals surface area (Å²) in [5.74, 6) is 0.750. The highest BCUT2D eigenvalue weighted by Crippen LogP contribution is 2.37. The van der Waals surface area contributed by atoms with Crippen LogP contribution in [0.4, 0.5) is 5.00 Å². The Morgan fingerprint density at radius 2 is 1.92 bits per heavy atom. The summed E-state index contributed by atoms with van der Waals surface area (Å²) in [5, 5.41) is 6.98. The van der Waals surface area contributed by atoms with Gasteiger partial charge >= 0.3 is 0 Å². The lowest BCUT2D eigenvalue weighted by Gasteiger charge is -2.34. The van der Waals surface area contributed by atoms with Crippen LogP contribution in [0.2, 0.25) is 0 Å². The van der Waals surface area contributed by atoms with Crippen LogP contribution in [0.5, 0.6) is 0 Å². The van der Waals surface area contributed by atoms with Crippen molar-refractivity contribution in [2.45, 2.75) is 64.8 Å². The smallest absolute Gasteiger partial charge is 0.251 e. The Kier molecular flexibility index (Phi) is 5.79. The van der Waals surface area contributed by atoms with E-state index >= 15 is 0 Å². The van der Waals surface area contributed by atoms with Crippen LogP contribution in [0.3, 0.4) is 0 Å². The summed E-state index contributed by atoms with van der Waals surface area (Å²) in [6.07, 6.45) is 7.69. The predicted molar refractivity (Wildman–Crippen MR) is 102 cm³/mol. The zero-order valence-electron chi connectivity index (χ0n) is 15.2. The summed E-state index contributed by atoms with van der Waals surface area (Å²) in [5.41, 5.74) is 7.18. The maximum absolute atomic E-state index is 12.4. The molecular formula is C19H29N3O2S. The van der Waals surface area contributed by atoms with E-state index < -0.39 is 5.91 Å². The molecule has 0 bridgehead atoms. The Morgan fingerprint density at radius 3 is 2.68 bits per heavy atom. The topological polar surface area (TPSA) is 84.2 Å². The SMILES string of the molecule is CC1CCCC(NCC(=O)Nc2sc3c(c2C(N)=O)CCCC3)C1C. The molecule has 3 rings (SSSR count). The number of carbonyl (C=O) groups excluding carboxylic acids is 2. The second-order valence-corrected chi connectivity index (χ2v) is 8.69. The van der Waals surface area contributed by atoms with Gasteiger partial charge < -0.3 is 16.4 Å². The molecule has 6 heteroatoms. The van der Waals surface area contributed by atoms with Crippen LogP contribution in [0.1, 0.15) is 66.8 Å². The number of thiophene rings is 1. The van der Waals surface area contributed by atoms with Crippen LogP contribution in [0.25, 0.3) is 0 Å². The van der Waals surface area contributed by atoms with E-state index in [9.17, 15) is 9.59 Å². The van der Waals surface area contributed by atoms with E-state index in [1.807, 2.05) is 0 Å². The van der Waals surface area contributed by atoms with E-state index in [-0.39, 0.29) is 12.5 Å². The molecule has 0 spiro atoms. The Labute approximate surface area is 153 Å². The lowest BCUT2D eigenvalue weighted by atomic mass is 9.78. The third-order valence-electron chi connectivity index (χ3n) is 5.90. The second kappa shape index (κ2) is 7.87. The van der Waals surface area contributed by atoms with Gasteiger partial charge in [-0.2, -0.15) is 0 Å². The van der Waals surface area contributed by atoms with E-state index in [0.717, 1.165) is 37.7 Å². The van der Waals surface area contributed by atoms with Gasteiger partial charge in [-0.15, -0.1) is 11.3 Å². The standard InChI is InChI=1S/C19H29N3O2S/c1-11-6-5-8-14(12(11)2)21-10-16(23)22-19-17(18(20)24)13-7-3-4-9-15(13)25-19/h11-12,14,21H,3-10H2,1-2H3,(H2,20,24)(H,22,23). The molecule has 1 aromatic rings. The van der Waals surface area contributed by atoms with E-state index in [0.29, 0.717) is 28.4 Å². The maximum atomic E-state index is 12.4. The zero-order valence-corrected chi connectivity index (χ0v) is 16.0. The van der Waals surface area contributed by atoms with Crippen LogP contribution >= 0.6 is 11.3 Å². The average molecular weight is 364 g/mol. The summed E-state index contributed by atoms with van der Waals surface area (Å²) in [6.45, 7) is 4.83. The third-order valence-corrected chi connectivity index (χ3v) is 7.11. The minimum Gasteiger partial charge on any atom is -0.365 e. The molecule has 138 valence electrons. The van der Waals surface area contributed by atoms with Gasteiger partial charge in [-0.1, -0.05) is 26.7 Å². The quantitative estimate of drug-likeness (QED) is 0.752. The van der Waals surface area contributed by atoms with Gasteiger partial charge in [0.1, 0.15) is 5.00 Å². The first-order chi connectivity index (χ1) is 12.0. The number of aryl methyl sites for hydroxylation is 1. The molecule has 0 saturated heterocycles. The van der Waals surface area contributed by atoms with Crippen molar-refractivity contribution in [3.8, 4) is 0 Å². The molecule has 3 atom stereocenters. The molecule has 4 N–H and O–H groups in total. The van der Waals surface area contributed by atoms with E-state index in [1.54, 1.807) is 0 Å². The molecule has 1 fully saturated rings. The molecule has 2 aliphatic carbocycles. The van der Waals surface area contributed by atoms with Crippen molar-refractivity contribution >= 4 is 28.2 Å². The predicted octanol–water partition coefficient (Wildman–Crippen LogP) is 3.08. The van der Waals surface area contributed by atoms with E-state index in [2.05, 4.69) is 24.5 Å². The molecule has 3 unspecified atom stereocenters. The molecule has 25 heavy (non-hydrogen) atoms. The van der Waals surface area contributed by atoms with Crippen LogP contribution in [-0.2, 0) is 17.6 Å². The minimum absolute atomic E-state index is 0.0912. The first-order valence-corrected chi connectivity index (χ1v) is 10.3. The molecular weight excluding hydrogens is 334 g/mol. The number of rotatable bonds is 5. The Bertz CT molecular complexity index is 655. The van der Waals surface area contributed by atoms with Crippen molar-refractivity contribution in [2.75, 3.05) is 11.9 Å². The molecule has 0 radical (unpaired) electrons. The highest BCUT2D eigenvalue weighted by Gasteiger charge is 2.28. The summed E-state index contributed by atoms with van der Waals surface area (Å²) in [6, 6.07) is 0.390. The summed E-state index contributed by atoms with van der Waals surface area (Å²) >= 11 is 1.52. The summed E-state index contributed by atoms with van der Waals surface area (Å²) in [4.78, 5) is 25.5. The van der Waals surface area contributed by atoms with Gasteiger partial charge in [0.05, 0.1) is 12.1 Å². The minimum atomic E-state index is -0.433. The maximum Gasteiger partial charge on any atom is 0.251 e. The van der Waals surface area contributed by atoms with Crippen LogP contribution < -0.4 is 16.4 Å². The number of nitrogens with one attached hydrogen (secondary N) is 2. The van der Waals surface area contributed by atoms with Crippen molar-refractivity contribution in [1.29, 1.82) is 0 Å². The Morgan fingerprint density at radius 1 is 1.16 bits per heavy atom. The highest BCUT2D eigenvalue weighted by molar-refractivity contribution is 7.17. The fraction of sp³-hybridized carbons (Fsp3) is 0.684. The summed E-state index contributed by atoms with van der Waals surface area (Å²) in [7, 11) is 0. The first kappa shape index (κ1) is 18.4. The molecule has 2 amide bonds. The molecule has 1 aromatic heterocycles. The van der Waals surface area contributed by atoms with Gasteiger partial charge in [-0.05, 0) is 49.5 Å². The molecule has 0 aromatic carbocycles. The number of nitrogens with two attached hydrogens (primary N) is 1. The van der Waals surface area contributed by atoms with Gasteiger partial charge in [0, 0.05) is 10.9 Å². The van der Waals surface area contributed by atoms with Crippen molar-refractivity contribution < 1.29 is 9.59 Å². The number of hydrogen-bond donors (Lipinski definition) is 3. The number of anilines is 1. The zero-order chi connectivity index (χ0) is 18.0. The largest absolute Gasteiger partial charge is 0.365 e. The molecule has 2 aliphatic rings. The number of hydrogen-bond acceptors (Lipinski definition) is 4. The monoisotopic (exact) mass is 363 g/mol. The normalized spacial score (nSPS) is 26.1. The second-order valence-electron chi connectivity index (χ2n) is 7.58. The van der Waals surface area contributed by atoms with Crippen molar-refractivity contribution in [3.63, 3.8) is 0 Å². The van der Waals surface area contributed by atoms with Crippen LogP contribution in [-0.4, -0.2) is 24.4 Å². The van der Waals surface area contributed by atoms with Crippen molar-refractivity contribution in [2.24, 2.45) is 17.6 Å². The van der Waals surface area contributed by atoms with E-state index in [4.69, 9.17) is 5.73 Å². The molecule has 1 saturated carbocycles. The third kappa shape index (κ3) is 4.06. The Balaban J connectivity index is 1.63. The van der Waals surface area contributed by atoms with Gasteiger partial charge in [-0.25, -0.2) is 0 Å². The van der Waals surface area contributed by atoms with Gasteiger partial charge in [-0.3, -0.25) is 9.59 Å². The average Bonchev–Trinajstić information content (AvgIpc) is 2.94. The molecule has 1 heterocycles. The lowest BCUT2D eigenvalue weighted by Crippen LogP contribution is -2.43. The molecule has 5 nitrogen and oxygen atoms in total. The van der Waals surface area contributed by atoms with Crippen molar-refractivity contribution in [3.05, 3.63) is 16.0 Å². The fourth-order valence-electron chi connectivity index (χ4n) is 4.18. The molecule has 0 aliphatic heterocycles.